The summed E-state index contributed by atoms with van der Waals surface area (Å²) >= 11 is 0. The summed E-state index contributed by atoms with van der Waals surface area (Å²) in [6.45, 7) is 0. The van der Waals surface area contributed by atoms with E-state index in [9.17, 15) is 0 Å². The molecule has 3 rings (SSSR count). The van der Waals surface area contributed by atoms with Gasteiger partial charge in [0.05, 0.1) is 22.8 Å². The summed E-state index contributed by atoms with van der Waals surface area (Å²) in [5.74, 6) is 0.965. The lowest BCUT2D eigenvalue weighted by Crippen LogP contribution is -1.94. The van der Waals surface area contributed by atoms with Gasteiger partial charge in [0.25, 0.3) is 0 Å². The summed E-state index contributed by atoms with van der Waals surface area (Å²) in [7, 11) is 0. The summed E-state index contributed by atoms with van der Waals surface area (Å²) in [6, 6.07) is 18.5. The second-order valence-electron chi connectivity index (χ2n) is 4.31. The predicted octanol–water partition coefficient (Wildman–Crippen LogP) is 3.48. The third kappa shape index (κ3) is 2.25. The van der Waals surface area contributed by atoms with Gasteiger partial charge in [0.1, 0.15) is 0 Å². The molecular formula is C16H11N3O. The Morgan fingerprint density at radius 1 is 1.05 bits per heavy atom. The average molecular weight is 261 g/mol. The van der Waals surface area contributed by atoms with Crippen LogP contribution in [0.1, 0.15) is 5.56 Å². The Morgan fingerprint density at radius 2 is 1.90 bits per heavy atom. The molecule has 0 aliphatic heterocycles. The zero-order valence-corrected chi connectivity index (χ0v) is 10.6. The molecule has 0 unspecified atom stereocenters. The molecule has 0 spiro atoms. The third-order valence-electron chi connectivity index (χ3n) is 2.93. The number of ether oxygens (including phenoxy) is 1. The van der Waals surface area contributed by atoms with Crippen LogP contribution in [0.25, 0.3) is 10.9 Å². The predicted molar refractivity (Wildman–Crippen MR) is 77.4 cm³/mol. The zero-order valence-electron chi connectivity index (χ0n) is 10.6. The lowest BCUT2D eigenvalue weighted by atomic mass is 10.2. The molecule has 4 heteroatoms. The molecule has 96 valence electrons. The summed E-state index contributed by atoms with van der Waals surface area (Å²) in [5.41, 5.74) is 7.63. The van der Waals surface area contributed by atoms with Crippen LogP contribution in [-0.4, -0.2) is 4.98 Å². The Morgan fingerprint density at radius 3 is 2.70 bits per heavy atom. The molecule has 0 aliphatic carbocycles. The van der Waals surface area contributed by atoms with Crippen LogP contribution in [0.5, 0.6) is 11.6 Å². The van der Waals surface area contributed by atoms with Gasteiger partial charge in [-0.2, -0.15) is 5.26 Å². The number of aromatic nitrogens is 1. The number of anilines is 1. The highest BCUT2D eigenvalue weighted by atomic mass is 16.5. The molecule has 0 saturated heterocycles. The minimum absolute atomic E-state index is 0.416. The van der Waals surface area contributed by atoms with Crippen LogP contribution in [0, 0.1) is 11.3 Å². The number of nitrogens with zero attached hydrogens (tertiary/aromatic N) is 2. The number of hydrogen-bond donors (Lipinski definition) is 1. The molecule has 0 aliphatic rings. The molecule has 0 saturated carbocycles. The first kappa shape index (κ1) is 12.0. The van der Waals surface area contributed by atoms with Crippen LogP contribution >= 0.6 is 0 Å². The molecule has 0 bridgehead atoms. The third-order valence-corrected chi connectivity index (χ3v) is 2.93. The second kappa shape index (κ2) is 4.90. The number of para-hydroxylation sites is 1. The molecule has 1 heterocycles. The van der Waals surface area contributed by atoms with Crippen molar-refractivity contribution in [1.82, 2.24) is 4.98 Å². The SMILES string of the molecule is N#Cc1ccc(Oc2ccc3ccccc3n2)c(N)c1. The summed E-state index contributed by atoms with van der Waals surface area (Å²) in [4.78, 5) is 4.41. The Labute approximate surface area is 116 Å². The van der Waals surface area contributed by atoms with Crippen LogP contribution < -0.4 is 10.5 Å². The largest absolute Gasteiger partial charge is 0.437 e. The molecular weight excluding hydrogens is 250 g/mol. The van der Waals surface area contributed by atoms with Crippen LogP contribution in [0.2, 0.25) is 0 Å². The van der Waals surface area contributed by atoms with E-state index in [1.165, 1.54) is 0 Å². The zero-order chi connectivity index (χ0) is 13.9. The van der Waals surface area contributed by atoms with E-state index < -0.39 is 0 Å². The standard InChI is InChI=1S/C16H11N3O/c17-10-11-5-7-15(13(18)9-11)20-16-8-6-12-3-1-2-4-14(12)19-16/h1-9H,18H2. The fourth-order valence-corrected chi connectivity index (χ4v) is 1.93. The van der Waals surface area contributed by atoms with Crippen molar-refractivity contribution in [1.29, 1.82) is 5.26 Å². The first-order valence-electron chi connectivity index (χ1n) is 6.09. The molecule has 2 N–H and O–H groups in total. The van der Waals surface area contributed by atoms with Gasteiger partial charge in [-0.1, -0.05) is 18.2 Å². The van der Waals surface area contributed by atoms with Gasteiger partial charge in [-0.3, -0.25) is 0 Å². The van der Waals surface area contributed by atoms with E-state index >= 15 is 0 Å². The quantitative estimate of drug-likeness (QED) is 0.717. The number of fused-ring (bicyclic) bond motifs is 1. The van der Waals surface area contributed by atoms with Gasteiger partial charge in [-0.15, -0.1) is 0 Å². The fourth-order valence-electron chi connectivity index (χ4n) is 1.93. The topological polar surface area (TPSA) is 71.9 Å². The number of rotatable bonds is 2. The minimum atomic E-state index is 0.416. The van der Waals surface area contributed by atoms with Crippen LogP contribution in [0.15, 0.2) is 54.6 Å². The maximum atomic E-state index is 8.80. The Bertz CT molecular complexity index is 821. The lowest BCUT2D eigenvalue weighted by Gasteiger charge is -2.08. The maximum absolute atomic E-state index is 8.80. The molecule has 3 aromatic rings. The van der Waals surface area contributed by atoms with Gasteiger partial charge in [0.2, 0.25) is 5.88 Å². The highest BCUT2D eigenvalue weighted by Crippen LogP contribution is 2.28. The first-order chi connectivity index (χ1) is 9.76. The number of nitrogen functional groups attached to an aromatic ring is 1. The van der Waals surface area contributed by atoms with E-state index in [0.717, 1.165) is 10.9 Å². The highest BCUT2D eigenvalue weighted by molar-refractivity contribution is 5.78. The number of benzene rings is 2. The fraction of sp³-hybridized carbons (Fsp3) is 0. The monoisotopic (exact) mass is 261 g/mol. The molecule has 1 aromatic heterocycles. The van der Waals surface area contributed by atoms with Gasteiger partial charge < -0.3 is 10.5 Å². The molecule has 2 aromatic carbocycles. The van der Waals surface area contributed by atoms with Gasteiger partial charge in [0.15, 0.2) is 5.75 Å². The molecule has 4 nitrogen and oxygen atoms in total. The number of nitrogens with two attached hydrogens (primary N) is 1. The van der Waals surface area contributed by atoms with Gasteiger partial charge in [0, 0.05) is 11.5 Å². The summed E-state index contributed by atoms with van der Waals surface area (Å²) < 4.78 is 5.67. The van der Waals surface area contributed by atoms with Gasteiger partial charge >= 0.3 is 0 Å². The number of hydrogen-bond acceptors (Lipinski definition) is 4. The van der Waals surface area contributed by atoms with E-state index in [4.69, 9.17) is 15.7 Å². The van der Waals surface area contributed by atoms with E-state index in [2.05, 4.69) is 4.98 Å². The summed E-state index contributed by atoms with van der Waals surface area (Å²) in [5, 5.41) is 9.85. The van der Waals surface area contributed by atoms with Gasteiger partial charge in [-0.25, -0.2) is 4.98 Å². The smallest absolute Gasteiger partial charge is 0.219 e. The van der Waals surface area contributed by atoms with Crippen molar-refractivity contribution in [3.05, 3.63) is 60.2 Å². The van der Waals surface area contributed by atoms with Crippen molar-refractivity contribution in [3.63, 3.8) is 0 Å². The second-order valence-corrected chi connectivity index (χ2v) is 4.31. The molecule has 0 radical (unpaired) electrons. The van der Waals surface area contributed by atoms with Crippen molar-refractivity contribution in [2.75, 3.05) is 5.73 Å². The normalized spacial score (nSPS) is 10.2. The van der Waals surface area contributed by atoms with E-state index in [0.29, 0.717) is 22.9 Å². The van der Waals surface area contributed by atoms with Crippen molar-refractivity contribution in [2.24, 2.45) is 0 Å². The minimum Gasteiger partial charge on any atom is -0.437 e. The van der Waals surface area contributed by atoms with Crippen molar-refractivity contribution >= 4 is 16.6 Å². The van der Waals surface area contributed by atoms with E-state index in [1.54, 1.807) is 24.3 Å². The Hall–Kier alpha value is -3.06. The summed E-state index contributed by atoms with van der Waals surface area (Å²) in [6.07, 6.45) is 0. The van der Waals surface area contributed by atoms with Crippen molar-refractivity contribution in [3.8, 4) is 17.7 Å². The van der Waals surface area contributed by atoms with Crippen molar-refractivity contribution < 1.29 is 4.74 Å². The molecule has 0 amide bonds. The highest BCUT2D eigenvalue weighted by Gasteiger charge is 2.05. The lowest BCUT2D eigenvalue weighted by molar-refractivity contribution is 0.467. The number of nitriles is 1. The molecule has 0 atom stereocenters. The maximum Gasteiger partial charge on any atom is 0.219 e. The van der Waals surface area contributed by atoms with E-state index in [-0.39, 0.29) is 0 Å². The van der Waals surface area contributed by atoms with Gasteiger partial charge in [-0.05, 0) is 30.3 Å². The van der Waals surface area contributed by atoms with E-state index in [1.807, 2.05) is 36.4 Å². The molecule has 20 heavy (non-hydrogen) atoms. The van der Waals surface area contributed by atoms with Crippen molar-refractivity contribution in [2.45, 2.75) is 0 Å². The molecule has 0 fully saturated rings. The average Bonchev–Trinajstić information content (AvgIpc) is 2.49. The van der Waals surface area contributed by atoms with Crippen LogP contribution in [-0.2, 0) is 0 Å². The first-order valence-corrected chi connectivity index (χ1v) is 6.09. The van der Waals surface area contributed by atoms with Crippen LogP contribution in [0.4, 0.5) is 5.69 Å². The Kier molecular flexibility index (Phi) is 2.94. The Balaban J connectivity index is 1.95. The number of pyridine rings is 1. The van der Waals surface area contributed by atoms with Crippen LogP contribution in [0.3, 0.4) is 0 Å².